The van der Waals surface area contributed by atoms with Gasteiger partial charge in [-0.2, -0.15) is 0 Å². The summed E-state index contributed by atoms with van der Waals surface area (Å²) in [4.78, 5) is 0. The predicted molar refractivity (Wildman–Crippen MR) is 63.6 cm³/mol. The van der Waals surface area contributed by atoms with Gasteiger partial charge in [0.2, 0.25) is 0 Å². The highest BCUT2D eigenvalue weighted by atomic mass is 19.4. The number of ether oxygens (including phenoxy) is 1. The highest BCUT2D eigenvalue weighted by Gasteiger charge is 2.32. The molecular formula is C13H12F3NO2. The van der Waals surface area contributed by atoms with Gasteiger partial charge >= 0.3 is 6.36 Å². The minimum absolute atomic E-state index is 0.242. The molecule has 0 amide bonds. The zero-order valence-electron chi connectivity index (χ0n) is 10.1. The molecule has 1 N–H and O–H groups in total. The number of furan rings is 1. The molecule has 1 aromatic heterocycles. The van der Waals surface area contributed by atoms with E-state index in [-0.39, 0.29) is 5.75 Å². The van der Waals surface area contributed by atoms with Crippen molar-refractivity contribution in [2.24, 2.45) is 0 Å². The molecule has 0 saturated heterocycles. The minimum atomic E-state index is -4.72. The Morgan fingerprint density at radius 3 is 2.58 bits per heavy atom. The Labute approximate surface area is 108 Å². The molecule has 0 bridgehead atoms. The number of hydrogen-bond acceptors (Lipinski definition) is 3. The first-order chi connectivity index (χ1) is 9.01. The SMILES string of the molecule is CNCc1occc1-c1ccccc1OC(F)(F)F. The summed E-state index contributed by atoms with van der Waals surface area (Å²) in [5.41, 5.74) is 0.924. The van der Waals surface area contributed by atoms with Crippen LogP contribution in [0.15, 0.2) is 41.0 Å². The Morgan fingerprint density at radius 2 is 1.89 bits per heavy atom. The molecule has 19 heavy (non-hydrogen) atoms. The fourth-order valence-electron chi connectivity index (χ4n) is 1.78. The van der Waals surface area contributed by atoms with Crippen molar-refractivity contribution < 1.29 is 22.3 Å². The fourth-order valence-corrected chi connectivity index (χ4v) is 1.78. The third kappa shape index (κ3) is 3.29. The summed E-state index contributed by atoms with van der Waals surface area (Å²) >= 11 is 0. The molecular weight excluding hydrogens is 259 g/mol. The molecule has 0 aliphatic heterocycles. The normalized spacial score (nSPS) is 11.6. The second-order valence-corrected chi connectivity index (χ2v) is 3.83. The molecule has 0 saturated carbocycles. The van der Waals surface area contributed by atoms with Gasteiger partial charge < -0.3 is 14.5 Å². The lowest BCUT2D eigenvalue weighted by molar-refractivity contribution is -0.274. The molecule has 0 radical (unpaired) electrons. The summed E-state index contributed by atoms with van der Waals surface area (Å²) in [6.45, 7) is 0.419. The van der Waals surface area contributed by atoms with E-state index in [9.17, 15) is 13.2 Å². The summed E-state index contributed by atoms with van der Waals surface area (Å²) < 4.78 is 46.3. The zero-order chi connectivity index (χ0) is 13.9. The van der Waals surface area contributed by atoms with Gasteiger partial charge in [-0.15, -0.1) is 13.2 Å². The summed E-state index contributed by atoms with van der Waals surface area (Å²) in [6, 6.07) is 7.59. The van der Waals surface area contributed by atoms with Crippen LogP contribution in [0.1, 0.15) is 5.76 Å². The van der Waals surface area contributed by atoms with Crippen molar-refractivity contribution in [3.05, 3.63) is 42.4 Å². The molecule has 1 aromatic carbocycles. The van der Waals surface area contributed by atoms with Crippen molar-refractivity contribution in [2.75, 3.05) is 7.05 Å². The standard InChI is InChI=1S/C13H12F3NO2/c1-17-8-12-10(6-7-18-12)9-4-2-3-5-11(9)19-13(14,15)16/h2-7,17H,8H2,1H3. The first kappa shape index (κ1) is 13.5. The van der Waals surface area contributed by atoms with Crippen LogP contribution >= 0.6 is 0 Å². The highest BCUT2D eigenvalue weighted by Crippen LogP contribution is 2.35. The second-order valence-electron chi connectivity index (χ2n) is 3.83. The van der Waals surface area contributed by atoms with E-state index in [4.69, 9.17) is 4.42 Å². The van der Waals surface area contributed by atoms with Gasteiger partial charge in [0.05, 0.1) is 12.8 Å². The van der Waals surface area contributed by atoms with Crippen LogP contribution in [0.25, 0.3) is 11.1 Å². The molecule has 1 heterocycles. The Kier molecular flexibility index (Phi) is 3.80. The van der Waals surface area contributed by atoms with E-state index in [1.165, 1.54) is 18.4 Å². The number of alkyl halides is 3. The summed E-state index contributed by atoms with van der Waals surface area (Å²) in [5.74, 6) is 0.314. The van der Waals surface area contributed by atoms with Gasteiger partial charge in [-0.25, -0.2) is 0 Å². The molecule has 6 heteroatoms. The van der Waals surface area contributed by atoms with Gasteiger partial charge in [0, 0.05) is 11.1 Å². The number of halogens is 3. The van der Waals surface area contributed by atoms with E-state index < -0.39 is 6.36 Å². The average Bonchev–Trinajstić information content (AvgIpc) is 2.76. The van der Waals surface area contributed by atoms with Gasteiger partial charge in [-0.3, -0.25) is 0 Å². The van der Waals surface area contributed by atoms with Gasteiger partial charge in [0.15, 0.2) is 0 Å². The van der Waals surface area contributed by atoms with Crippen molar-refractivity contribution in [3.8, 4) is 16.9 Å². The minimum Gasteiger partial charge on any atom is -0.467 e. The van der Waals surface area contributed by atoms with E-state index in [0.29, 0.717) is 23.4 Å². The number of benzene rings is 1. The number of hydrogen-bond donors (Lipinski definition) is 1. The van der Waals surface area contributed by atoms with Gasteiger partial charge in [-0.1, -0.05) is 18.2 Å². The third-order valence-corrected chi connectivity index (χ3v) is 2.49. The summed E-state index contributed by atoms with van der Waals surface area (Å²) in [5, 5.41) is 2.89. The molecule has 0 atom stereocenters. The molecule has 0 unspecified atom stereocenters. The maximum absolute atomic E-state index is 12.4. The molecule has 0 fully saturated rings. The molecule has 102 valence electrons. The molecule has 3 nitrogen and oxygen atoms in total. The maximum atomic E-state index is 12.4. The number of nitrogens with one attached hydrogen (secondary N) is 1. The lowest BCUT2D eigenvalue weighted by Gasteiger charge is -2.13. The first-order valence-corrected chi connectivity index (χ1v) is 5.57. The van der Waals surface area contributed by atoms with E-state index in [2.05, 4.69) is 10.1 Å². The fraction of sp³-hybridized carbons (Fsp3) is 0.231. The molecule has 0 spiro atoms. The molecule has 2 rings (SSSR count). The molecule has 0 aliphatic rings. The summed E-state index contributed by atoms with van der Waals surface area (Å²) in [7, 11) is 1.73. The van der Waals surface area contributed by atoms with E-state index in [0.717, 1.165) is 0 Å². The average molecular weight is 271 g/mol. The Bertz CT molecular complexity index is 549. The van der Waals surface area contributed by atoms with Gasteiger partial charge in [0.25, 0.3) is 0 Å². The van der Waals surface area contributed by atoms with Crippen LogP contribution in [0.2, 0.25) is 0 Å². The van der Waals surface area contributed by atoms with Crippen LogP contribution in [0.3, 0.4) is 0 Å². The largest absolute Gasteiger partial charge is 0.573 e. The quantitative estimate of drug-likeness (QED) is 0.923. The Morgan fingerprint density at radius 1 is 1.16 bits per heavy atom. The van der Waals surface area contributed by atoms with Crippen LogP contribution < -0.4 is 10.1 Å². The lowest BCUT2D eigenvalue weighted by atomic mass is 10.1. The molecule has 2 aromatic rings. The van der Waals surface area contributed by atoms with Crippen molar-refractivity contribution in [1.82, 2.24) is 5.32 Å². The second kappa shape index (κ2) is 5.36. The highest BCUT2D eigenvalue weighted by molar-refractivity contribution is 5.72. The van der Waals surface area contributed by atoms with Crippen LogP contribution in [-0.2, 0) is 6.54 Å². The van der Waals surface area contributed by atoms with Crippen molar-refractivity contribution >= 4 is 0 Å². The van der Waals surface area contributed by atoms with E-state index in [1.54, 1.807) is 25.2 Å². The summed E-state index contributed by atoms with van der Waals surface area (Å²) in [6.07, 6.45) is -3.28. The number of rotatable bonds is 4. The van der Waals surface area contributed by atoms with E-state index >= 15 is 0 Å². The Balaban J connectivity index is 2.41. The van der Waals surface area contributed by atoms with Crippen molar-refractivity contribution in [3.63, 3.8) is 0 Å². The van der Waals surface area contributed by atoms with Gasteiger partial charge in [0.1, 0.15) is 11.5 Å². The smallest absolute Gasteiger partial charge is 0.467 e. The molecule has 0 aliphatic carbocycles. The zero-order valence-corrected chi connectivity index (χ0v) is 10.1. The first-order valence-electron chi connectivity index (χ1n) is 5.57. The van der Waals surface area contributed by atoms with Crippen LogP contribution in [0, 0.1) is 0 Å². The van der Waals surface area contributed by atoms with Crippen molar-refractivity contribution in [2.45, 2.75) is 12.9 Å². The maximum Gasteiger partial charge on any atom is 0.573 e. The van der Waals surface area contributed by atoms with Crippen molar-refractivity contribution in [1.29, 1.82) is 0 Å². The van der Waals surface area contributed by atoms with Gasteiger partial charge in [-0.05, 0) is 19.2 Å². The van der Waals surface area contributed by atoms with Crippen LogP contribution in [-0.4, -0.2) is 13.4 Å². The monoisotopic (exact) mass is 271 g/mol. The predicted octanol–water partition coefficient (Wildman–Crippen LogP) is 3.56. The topological polar surface area (TPSA) is 34.4 Å². The van der Waals surface area contributed by atoms with Crippen LogP contribution in [0.5, 0.6) is 5.75 Å². The van der Waals surface area contributed by atoms with E-state index in [1.807, 2.05) is 0 Å². The Hall–Kier alpha value is -1.95. The van der Waals surface area contributed by atoms with Crippen LogP contribution in [0.4, 0.5) is 13.2 Å². The number of para-hydroxylation sites is 1. The third-order valence-electron chi connectivity index (χ3n) is 2.49. The lowest BCUT2D eigenvalue weighted by Crippen LogP contribution is -2.17.